The summed E-state index contributed by atoms with van der Waals surface area (Å²) in [5, 5.41) is 5.38. The molecule has 1 atom stereocenters. The van der Waals surface area contributed by atoms with E-state index in [1.807, 2.05) is 4.90 Å². The fraction of sp³-hybridized carbons (Fsp3) is 0.429. The minimum Gasteiger partial charge on any atom is -0.382 e. The molecule has 0 spiro atoms. The molecule has 0 aliphatic carbocycles. The van der Waals surface area contributed by atoms with Gasteiger partial charge in [0.05, 0.1) is 0 Å². The van der Waals surface area contributed by atoms with Crippen LogP contribution in [-0.4, -0.2) is 38.2 Å². The van der Waals surface area contributed by atoms with Crippen LogP contribution in [0.3, 0.4) is 0 Å². The van der Waals surface area contributed by atoms with Gasteiger partial charge in [0.1, 0.15) is 5.56 Å². The molecule has 0 radical (unpaired) electrons. The number of aromatic nitrogens is 3. The van der Waals surface area contributed by atoms with Gasteiger partial charge in [0.2, 0.25) is 0 Å². The van der Waals surface area contributed by atoms with E-state index in [1.165, 1.54) is 16.6 Å². The molecule has 4 rings (SSSR count). The van der Waals surface area contributed by atoms with E-state index in [0.29, 0.717) is 23.3 Å². The number of benzene rings is 1. The third kappa shape index (κ3) is 3.09. The number of amides is 1. The van der Waals surface area contributed by atoms with Crippen molar-refractivity contribution < 1.29 is 4.79 Å². The van der Waals surface area contributed by atoms with Gasteiger partial charge in [0.25, 0.3) is 5.91 Å². The van der Waals surface area contributed by atoms with Gasteiger partial charge in [-0.25, -0.2) is 0 Å². The van der Waals surface area contributed by atoms with E-state index in [2.05, 4.69) is 53.8 Å². The number of para-hydroxylation sites is 1. The van der Waals surface area contributed by atoms with Crippen molar-refractivity contribution in [2.24, 2.45) is 7.05 Å². The smallest absolute Gasteiger partial charge is 0.259 e. The predicted octanol–water partition coefficient (Wildman–Crippen LogP) is 3.56. The van der Waals surface area contributed by atoms with Crippen molar-refractivity contribution in [3.05, 3.63) is 47.8 Å². The first-order chi connectivity index (χ1) is 13.0. The Morgan fingerprint density at radius 1 is 1.30 bits per heavy atom. The third-order valence-corrected chi connectivity index (χ3v) is 5.51. The SMILES string of the molecule is CC(C)n1c(C2CCCN(C(=O)c3cn(C)nc3N)C2)cc2ccccc21. The number of carbonyl (C=O) groups excluding carboxylic acids is 1. The molecule has 3 heterocycles. The van der Waals surface area contributed by atoms with Crippen LogP contribution in [0.15, 0.2) is 36.5 Å². The Labute approximate surface area is 159 Å². The number of nitrogens with zero attached hydrogens (tertiary/aromatic N) is 4. The van der Waals surface area contributed by atoms with Crippen molar-refractivity contribution in [1.29, 1.82) is 0 Å². The van der Waals surface area contributed by atoms with Crippen molar-refractivity contribution in [2.45, 2.75) is 38.6 Å². The zero-order valence-electron chi connectivity index (χ0n) is 16.2. The van der Waals surface area contributed by atoms with Gasteiger partial charge in [-0.05, 0) is 44.2 Å². The number of fused-ring (bicyclic) bond motifs is 1. The fourth-order valence-electron chi connectivity index (χ4n) is 4.33. The van der Waals surface area contributed by atoms with E-state index < -0.39 is 0 Å². The maximum atomic E-state index is 13.0. The van der Waals surface area contributed by atoms with Crippen molar-refractivity contribution in [2.75, 3.05) is 18.8 Å². The summed E-state index contributed by atoms with van der Waals surface area (Å²) >= 11 is 0. The molecule has 1 aliphatic heterocycles. The lowest BCUT2D eigenvalue weighted by Crippen LogP contribution is -2.39. The van der Waals surface area contributed by atoms with Crippen molar-refractivity contribution >= 4 is 22.6 Å². The zero-order chi connectivity index (χ0) is 19.1. The number of nitrogen functional groups attached to an aromatic ring is 1. The average Bonchev–Trinajstić information content (AvgIpc) is 3.21. The highest BCUT2D eigenvalue weighted by Gasteiger charge is 2.29. The van der Waals surface area contributed by atoms with Crippen LogP contribution in [0.25, 0.3) is 10.9 Å². The van der Waals surface area contributed by atoms with E-state index in [1.54, 1.807) is 17.9 Å². The summed E-state index contributed by atoms with van der Waals surface area (Å²) in [7, 11) is 1.78. The van der Waals surface area contributed by atoms with Gasteiger partial charge in [0.15, 0.2) is 5.82 Å². The monoisotopic (exact) mass is 365 g/mol. The van der Waals surface area contributed by atoms with E-state index in [-0.39, 0.29) is 5.91 Å². The van der Waals surface area contributed by atoms with Crippen molar-refractivity contribution in [3.63, 3.8) is 0 Å². The molecule has 3 aromatic rings. The first-order valence-corrected chi connectivity index (χ1v) is 9.64. The molecule has 6 nitrogen and oxygen atoms in total. The number of rotatable bonds is 3. The van der Waals surface area contributed by atoms with Gasteiger partial charge >= 0.3 is 0 Å². The normalized spacial score (nSPS) is 17.8. The number of piperidine rings is 1. The molecular formula is C21H27N5O. The van der Waals surface area contributed by atoms with Gasteiger partial charge in [-0.2, -0.15) is 5.10 Å². The van der Waals surface area contributed by atoms with Crippen LogP contribution in [0.5, 0.6) is 0 Å². The Morgan fingerprint density at radius 3 is 2.78 bits per heavy atom. The van der Waals surface area contributed by atoms with Gasteiger partial charge < -0.3 is 15.2 Å². The maximum Gasteiger partial charge on any atom is 0.259 e. The lowest BCUT2D eigenvalue weighted by molar-refractivity contribution is 0.0705. The number of carbonyl (C=O) groups is 1. The molecule has 27 heavy (non-hydrogen) atoms. The lowest BCUT2D eigenvalue weighted by atomic mass is 9.94. The summed E-state index contributed by atoms with van der Waals surface area (Å²) in [6.07, 6.45) is 3.80. The molecule has 1 fully saturated rings. The Kier molecular flexibility index (Phi) is 4.42. The summed E-state index contributed by atoms with van der Waals surface area (Å²) in [5.74, 6) is 0.619. The number of likely N-dealkylation sites (tertiary alicyclic amines) is 1. The summed E-state index contributed by atoms with van der Waals surface area (Å²) < 4.78 is 4.02. The molecule has 1 saturated heterocycles. The highest BCUT2D eigenvalue weighted by molar-refractivity contribution is 5.98. The molecule has 6 heteroatoms. The highest BCUT2D eigenvalue weighted by atomic mass is 16.2. The van der Waals surface area contributed by atoms with Gasteiger partial charge in [-0.3, -0.25) is 9.48 Å². The minimum atomic E-state index is -0.0162. The molecule has 142 valence electrons. The molecule has 2 aromatic heterocycles. The van der Waals surface area contributed by atoms with E-state index in [9.17, 15) is 4.79 Å². The number of anilines is 1. The van der Waals surface area contributed by atoms with Crippen LogP contribution in [0.4, 0.5) is 5.82 Å². The van der Waals surface area contributed by atoms with Gasteiger partial charge in [-0.1, -0.05) is 18.2 Å². The molecule has 2 N–H and O–H groups in total. The van der Waals surface area contributed by atoms with Gasteiger partial charge in [0, 0.05) is 49.5 Å². The number of aryl methyl sites for hydroxylation is 1. The number of hydrogen-bond donors (Lipinski definition) is 1. The van der Waals surface area contributed by atoms with Crippen LogP contribution in [-0.2, 0) is 7.05 Å². The van der Waals surface area contributed by atoms with Crippen LogP contribution < -0.4 is 5.73 Å². The zero-order valence-corrected chi connectivity index (χ0v) is 16.2. The van der Waals surface area contributed by atoms with E-state index in [4.69, 9.17) is 5.73 Å². The maximum absolute atomic E-state index is 13.0. The third-order valence-electron chi connectivity index (χ3n) is 5.51. The Morgan fingerprint density at radius 2 is 2.07 bits per heavy atom. The summed E-state index contributed by atoms with van der Waals surface area (Å²) in [6, 6.07) is 11.2. The molecule has 1 aromatic carbocycles. The quantitative estimate of drug-likeness (QED) is 0.772. The van der Waals surface area contributed by atoms with Crippen LogP contribution in [0.1, 0.15) is 54.7 Å². The number of hydrogen-bond acceptors (Lipinski definition) is 3. The molecule has 0 bridgehead atoms. The van der Waals surface area contributed by atoms with Crippen molar-refractivity contribution in [1.82, 2.24) is 19.2 Å². The summed E-state index contributed by atoms with van der Waals surface area (Å²) in [4.78, 5) is 14.9. The van der Waals surface area contributed by atoms with Crippen LogP contribution >= 0.6 is 0 Å². The van der Waals surface area contributed by atoms with Crippen LogP contribution in [0.2, 0.25) is 0 Å². The molecular weight excluding hydrogens is 338 g/mol. The topological polar surface area (TPSA) is 69.1 Å². The second kappa shape index (κ2) is 6.76. The fourth-order valence-corrected chi connectivity index (χ4v) is 4.33. The summed E-state index contributed by atoms with van der Waals surface area (Å²) in [5.41, 5.74) is 9.02. The van der Waals surface area contributed by atoms with E-state index in [0.717, 1.165) is 25.9 Å². The van der Waals surface area contributed by atoms with Crippen LogP contribution in [0, 0.1) is 0 Å². The largest absolute Gasteiger partial charge is 0.382 e. The lowest BCUT2D eigenvalue weighted by Gasteiger charge is -2.34. The summed E-state index contributed by atoms with van der Waals surface area (Å²) in [6.45, 7) is 5.93. The molecule has 1 amide bonds. The average molecular weight is 365 g/mol. The minimum absolute atomic E-state index is 0.0162. The Hall–Kier alpha value is -2.76. The van der Waals surface area contributed by atoms with Gasteiger partial charge in [-0.15, -0.1) is 0 Å². The standard InChI is InChI=1S/C21H27N5O/c1-14(2)26-18-9-5-4-7-15(18)11-19(26)16-8-6-10-25(12-16)21(27)17-13-24(3)23-20(17)22/h4-5,7,9,11,13-14,16H,6,8,10,12H2,1-3H3,(H2,22,23). The Balaban J connectivity index is 1.66. The highest BCUT2D eigenvalue weighted by Crippen LogP contribution is 2.34. The number of nitrogens with two attached hydrogens (primary N) is 1. The molecule has 1 aliphatic rings. The predicted molar refractivity (Wildman–Crippen MR) is 108 cm³/mol. The molecule has 0 saturated carbocycles. The first-order valence-electron chi connectivity index (χ1n) is 9.64. The van der Waals surface area contributed by atoms with E-state index >= 15 is 0 Å². The second-order valence-corrected chi connectivity index (χ2v) is 7.78. The second-order valence-electron chi connectivity index (χ2n) is 7.78. The van der Waals surface area contributed by atoms with Crippen molar-refractivity contribution in [3.8, 4) is 0 Å². The Bertz CT molecular complexity index is 984. The molecule has 1 unspecified atom stereocenters. The first kappa shape index (κ1) is 17.6.